The van der Waals surface area contributed by atoms with Gasteiger partial charge in [-0.3, -0.25) is 37.3 Å². The average molecular weight is 1330 g/mol. The van der Waals surface area contributed by atoms with Gasteiger partial charge in [0.05, 0.1) is 26.4 Å². The van der Waals surface area contributed by atoms with Crippen LogP contribution in [0.3, 0.4) is 0 Å². The van der Waals surface area contributed by atoms with Gasteiger partial charge in [0.2, 0.25) is 0 Å². The molecule has 0 aliphatic carbocycles. The van der Waals surface area contributed by atoms with Crippen LogP contribution >= 0.6 is 15.6 Å². The predicted octanol–water partition coefficient (Wildman–Crippen LogP) is 20.2. The SMILES string of the molecule is CCCCCCCCCC(=O)OC[C@H](COP(=O)(O)OC[C@H](O)COP(=O)(O)OC[C@@H](COC(=O)CCCCCCCCCCCCCC(C)C)OC(=O)CCCCCCCCCCCCCCCCC(C)CC)OC(=O)CCCCCCCCCCC(C)C. The number of unbranched alkanes of at least 4 members (excludes halogenated alkanes) is 36. The lowest BCUT2D eigenvalue weighted by Crippen LogP contribution is -2.30. The van der Waals surface area contributed by atoms with E-state index in [0.29, 0.717) is 25.7 Å². The van der Waals surface area contributed by atoms with Crippen LogP contribution in [0.25, 0.3) is 0 Å². The van der Waals surface area contributed by atoms with Crippen molar-refractivity contribution in [2.24, 2.45) is 17.8 Å². The summed E-state index contributed by atoms with van der Waals surface area (Å²) in [6.07, 6.45) is 45.9. The molecule has 0 aliphatic heterocycles. The zero-order chi connectivity index (χ0) is 66.6. The van der Waals surface area contributed by atoms with Gasteiger partial charge in [-0.15, -0.1) is 0 Å². The van der Waals surface area contributed by atoms with Crippen LogP contribution in [0.5, 0.6) is 0 Å². The van der Waals surface area contributed by atoms with E-state index < -0.39 is 97.5 Å². The van der Waals surface area contributed by atoms with Gasteiger partial charge in [-0.25, -0.2) is 9.13 Å². The third-order valence-corrected chi connectivity index (χ3v) is 18.6. The highest BCUT2D eigenvalue weighted by Gasteiger charge is 2.30. The van der Waals surface area contributed by atoms with Crippen molar-refractivity contribution in [2.75, 3.05) is 39.6 Å². The monoisotopic (exact) mass is 1320 g/mol. The first-order chi connectivity index (χ1) is 43.3. The maximum Gasteiger partial charge on any atom is 0.472 e. The molecule has 0 aromatic heterocycles. The molecule has 19 heteroatoms. The number of aliphatic hydroxyl groups is 1. The molecule has 0 rings (SSSR count). The van der Waals surface area contributed by atoms with E-state index in [2.05, 4.69) is 48.5 Å². The maximum absolute atomic E-state index is 13.0. The summed E-state index contributed by atoms with van der Waals surface area (Å²) in [5, 5.41) is 10.6. The molecule has 0 bridgehead atoms. The molecule has 0 radical (unpaired) electrons. The Labute approximate surface area is 549 Å². The van der Waals surface area contributed by atoms with Crippen LogP contribution in [0.2, 0.25) is 0 Å². The second kappa shape index (κ2) is 61.9. The van der Waals surface area contributed by atoms with Crippen molar-refractivity contribution in [3.05, 3.63) is 0 Å². The second-order valence-corrected chi connectivity index (χ2v) is 29.7. The van der Waals surface area contributed by atoms with Gasteiger partial charge in [0.15, 0.2) is 12.2 Å². The van der Waals surface area contributed by atoms with Gasteiger partial charge in [0.1, 0.15) is 19.3 Å². The van der Waals surface area contributed by atoms with Gasteiger partial charge in [-0.05, 0) is 43.4 Å². The lowest BCUT2D eigenvalue weighted by Gasteiger charge is -2.21. The van der Waals surface area contributed by atoms with E-state index in [-0.39, 0.29) is 25.7 Å². The van der Waals surface area contributed by atoms with Crippen LogP contribution in [-0.4, -0.2) is 96.7 Å². The van der Waals surface area contributed by atoms with Crippen molar-refractivity contribution in [1.82, 2.24) is 0 Å². The molecule has 3 unspecified atom stereocenters. The summed E-state index contributed by atoms with van der Waals surface area (Å²) in [6, 6.07) is 0. The van der Waals surface area contributed by atoms with Crippen molar-refractivity contribution in [2.45, 2.75) is 375 Å². The number of hydrogen-bond donors (Lipinski definition) is 3. The molecule has 0 heterocycles. The van der Waals surface area contributed by atoms with E-state index in [1.165, 1.54) is 154 Å². The standard InChI is InChI=1S/C71H138O17P2/c1-8-10-11-12-28-38-45-52-68(73)81-58-66(88-71(76)55-48-41-34-27-26-30-36-43-50-63(5)6)60-85-89(77,78)83-56-65(72)57-84-90(79,80)86-61-67(59-82-69(74)53-46-39-32-24-21-17-18-22-29-35-42-49-62(3)4)87-70(75)54-47-40-33-25-20-16-14-13-15-19-23-31-37-44-51-64(7)9-2/h62-67,72H,8-61H2,1-7H3,(H,77,78)(H,79,80)/t64?,65-,66+,67+/m0/s1. The second-order valence-electron chi connectivity index (χ2n) is 26.8. The van der Waals surface area contributed by atoms with E-state index in [4.69, 9.17) is 37.0 Å². The molecule has 3 N–H and O–H groups in total. The Kier molecular flexibility index (Phi) is 60.6. The van der Waals surface area contributed by atoms with Crippen molar-refractivity contribution in [3.8, 4) is 0 Å². The lowest BCUT2D eigenvalue weighted by molar-refractivity contribution is -0.161. The van der Waals surface area contributed by atoms with Gasteiger partial charge in [-0.1, -0.05) is 305 Å². The number of phosphoric ester groups is 2. The molecule has 6 atom stereocenters. The summed E-state index contributed by atoms with van der Waals surface area (Å²) >= 11 is 0. The first-order valence-electron chi connectivity index (χ1n) is 36.9. The van der Waals surface area contributed by atoms with Crippen molar-refractivity contribution in [3.63, 3.8) is 0 Å². The summed E-state index contributed by atoms with van der Waals surface area (Å²) in [5.74, 6) is 0.205. The van der Waals surface area contributed by atoms with Crippen LogP contribution in [0.1, 0.15) is 357 Å². The summed E-state index contributed by atoms with van der Waals surface area (Å²) < 4.78 is 68.2. The number of carbonyl (C=O) groups is 4. The number of esters is 4. The summed E-state index contributed by atoms with van der Waals surface area (Å²) in [7, 11) is -9.90. The average Bonchev–Trinajstić information content (AvgIpc) is 3.70. The van der Waals surface area contributed by atoms with Gasteiger partial charge >= 0.3 is 39.5 Å². The molecule has 0 saturated heterocycles. The first kappa shape index (κ1) is 88.1. The molecule has 0 aliphatic rings. The molecule has 0 saturated carbocycles. The molecule has 0 fully saturated rings. The fourth-order valence-corrected chi connectivity index (χ4v) is 12.3. The van der Waals surface area contributed by atoms with Crippen molar-refractivity contribution in [1.29, 1.82) is 0 Å². The molecule has 0 amide bonds. The zero-order valence-corrected chi connectivity index (χ0v) is 60.4. The van der Waals surface area contributed by atoms with Gasteiger partial charge in [0, 0.05) is 25.7 Å². The largest absolute Gasteiger partial charge is 0.472 e. The number of rotatable bonds is 69. The number of phosphoric acid groups is 2. The van der Waals surface area contributed by atoms with Crippen LogP contribution < -0.4 is 0 Å². The smallest absolute Gasteiger partial charge is 0.462 e. The Balaban J connectivity index is 5.20. The minimum atomic E-state index is -4.95. The van der Waals surface area contributed by atoms with Crippen molar-refractivity contribution < 1.29 is 80.2 Å². The summed E-state index contributed by atoms with van der Waals surface area (Å²) in [5.41, 5.74) is 0. The maximum atomic E-state index is 13.0. The van der Waals surface area contributed by atoms with E-state index in [1.54, 1.807) is 0 Å². The van der Waals surface area contributed by atoms with Crippen LogP contribution in [-0.2, 0) is 65.4 Å². The van der Waals surface area contributed by atoms with E-state index in [0.717, 1.165) is 120 Å². The molecule has 0 aromatic rings. The molecule has 17 nitrogen and oxygen atoms in total. The topological polar surface area (TPSA) is 237 Å². The van der Waals surface area contributed by atoms with Crippen LogP contribution in [0.4, 0.5) is 0 Å². The van der Waals surface area contributed by atoms with Gasteiger partial charge in [0.25, 0.3) is 0 Å². The normalized spacial score (nSPS) is 14.5. The van der Waals surface area contributed by atoms with Gasteiger partial charge < -0.3 is 33.8 Å². The first-order valence-corrected chi connectivity index (χ1v) is 39.9. The fraction of sp³-hybridized carbons (Fsp3) is 0.944. The van der Waals surface area contributed by atoms with E-state index in [1.807, 2.05) is 0 Å². The van der Waals surface area contributed by atoms with E-state index >= 15 is 0 Å². The third kappa shape index (κ3) is 63.5. The highest BCUT2D eigenvalue weighted by atomic mass is 31.2. The number of carbonyl (C=O) groups excluding carboxylic acids is 4. The van der Waals surface area contributed by atoms with Crippen LogP contribution in [0.15, 0.2) is 0 Å². The Hall–Kier alpha value is -1.94. The number of hydrogen-bond acceptors (Lipinski definition) is 15. The van der Waals surface area contributed by atoms with Crippen molar-refractivity contribution >= 4 is 39.5 Å². The molecule has 534 valence electrons. The summed E-state index contributed by atoms with van der Waals surface area (Å²) in [6.45, 7) is 11.8. The molecule has 90 heavy (non-hydrogen) atoms. The zero-order valence-electron chi connectivity index (χ0n) is 58.6. The highest BCUT2D eigenvalue weighted by Crippen LogP contribution is 2.45. The Bertz CT molecular complexity index is 1770. The minimum absolute atomic E-state index is 0.104. The van der Waals surface area contributed by atoms with E-state index in [9.17, 15) is 43.2 Å². The molecular weight excluding hydrogens is 1190 g/mol. The number of aliphatic hydroxyl groups excluding tert-OH is 1. The Morgan fingerprint density at radius 3 is 0.844 bits per heavy atom. The molecule has 0 aromatic carbocycles. The number of ether oxygens (including phenoxy) is 4. The van der Waals surface area contributed by atoms with Crippen LogP contribution in [0, 0.1) is 17.8 Å². The quantitative estimate of drug-likeness (QED) is 0.0222. The Morgan fingerprint density at radius 1 is 0.322 bits per heavy atom. The molecule has 0 spiro atoms. The minimum Gasteiger partial charge on any atom is -0.462 e. The highest BCUT2D eigenvalue weighted by molar-refractivity contribution is 7.47. The Morgan fingerprint density at radius 2 is 0.567 bits per heavy atom. The summed E-state index contributed by atoms with van der Waals surface area (Å²) in [4.78, 5) is 72.4. The molecular formula is C71H138O17P2. The predicted molar refractivity (Wildman–Crippen MR) is 363 cm³/mol. The van der Waals surface area contributed by atoms with Gasteiger partial charge in [-0.2, -0.15) is 0 Å². The third-order valence-electron chi connectivity index (χ3n) is 16.7. The lowest BCUT2D eigenvalue weighted by atomic mass is 9.99. The fourth-order valence-electron chi connectivity index (χ4n) is 10.7.